The second kappa shape index (κ2) is 7.81. The van der Waals surface area contributed by atoms with Crippen LogP contribution in [0.1, 0.15) is 34.3 Å². The molecule has 0 fully saturated rings. The molecule has 2 aromatic carbocycles. The number of carbonyl (C=O) groups excluding carboxylic acids is 2. The number of hydrogen-bond donors (Lipinski definition) is 1. The number of nitriles is 1. The third-order valence-electron chi connectivity index (χ3n) is 5.24. The lowest BCUT2D eigenvalue weighted by Crippen LogP contribution is -2.29. The fourth-order valence-electron chi connectivity index (χ4n) is 3.97. The molecule has 0 radical (unpaired) electrons. The van der Waals surface area contributed by atoms with E-state index in [0.717, 1.165) is 11.1 Å². The third kappa shape index (κ3) is 3.10. The highest BCUT2D eigenvalue weighted by atomic mass is 79.9. The van der Waals surface area contributed by atoms with Crippen molar-refractivity contribution in [2.75, 3.05) is 13.7 Å². The summed E-state index contributed by atoms with van der Waals surface area (Å²) >= 11 is 3.47. The van der Waals surface area contributed by atoms with E-state index in [1.54, 1.807) is 31.2 Å². The lowest BCUT2D eigenvalue weighted by atomic mass is 9.80. The van der Waals surface area contributed by atoms with Crippen LogP contribution in [0.5, 0.6) is 5.75 Å². The molecule has 7 heteroatoms. The number of halogens is 1. The van der Waals surface area contributed by atoms with Gasteiger partial charge in [-0.25, -0.2) is 4.79 Å². The maximum absolute atomic E-state index is 13.3. The number of dihydropyridines is 1. The Morgan fingerprint density at radius 2 is 1.97 bits per heavy atom. The van der Waals surface area contributed by atoms with Crippen molar-refractivity contribution in [2.24, 2.45) is 0 Å². The van der Waals surface area contributed by atoms with Crippen LogP contribution >= 0.6 is 15.9 Å². The SMILES string of the molecule is COC(=O)C1=C(C)NC2=C(C(=O)c3ccccc32)[C@@H]1c1ccc(OCC#N)c(Br)c1. The Labute approximate surface area is 181 Å². The van der Waals surface area contributed by atoms with Gasteiger partial charge < -0.3 is 14.8 Å². The summed E-state index contributed by atoms with van der Waals surface area (Å²) in [6.45, 7) is 1.72. The largest absolute Gasteiger partial charge is 0.478 e. The monoisotopic (exact) mass is 464 g/mol. The van der Waals surface area contributed by atoms with Gasteiger partial charge in [-0.1, -0.05) is 30.3 Å². The minimum absolute atomic E-state index is 0.0825. The van der Waals surface area contributed by atoms with Gasteiger partial charge >= 0.3 is 5.97 Å². The number of methoxy groups -OCH3 is 1. The molecule has 0 bridgehead atoms. The van der Waals surface area contributed by atoms with Crippen molar-refractivity contribution in [3.05, 3.63) is 80.5 Å². The van der Waals surface area contributed by atoms with Gasteiger partial charge in [0.05, 0.1) is 22.9 Å². The number of carbonyl (C=O) groups is 2. The predicted molar refractivity (Wildman–Crippen MR) is 114 cm³/mol. The lowest BCUT2D eigenvalue weighted by molar-refractivity contribution is -0.136. The van der Waals surface area contributed by atoms with Gasteiger partial charge in [0, 0.05) is 28.3 Å². The number of nitrogens with zero attached hydrogens (tertiary/aromatic N) is 1. The molecule has 0 aromatic heterocycles. The zero-order valence-electron chi connectivity index (χ0n) is 16.3. The molecule has 0 unspecified atom stereocenters. The summed E-state index contributed by atoms with van der Waals surface area (Å²) in [4.78, 5) is 26.0. The predicted octanol–water partition coefficient (Wildman–Crippen LogP) is 4.09. The molecule has 1 heterocycles. The summed E-state index contributed by atoms with van der Waals surface area (Å²) in [6.07, 6.45) is 0. The van der Waals surface area contributed by atoms with Crippen molar-refractivity contribution < 1.29 is 19.1 Å². The van der Waals surface area contributed by atoms with Crippen LogP contribution in [0.25, 0.3) is 5.70 Å². The van der Waals surface area contributed by atoms with E-state index < -0.39 is 11.9 Å². The maximum Gasteiger partial charge on any atom is 0.336 e. The van der Waals surface area contributed by atoms with Crippen molar-refractivity contribution >= 4 is 33.4 Å². The van der Waals surface area contributed by atoms with E-state index in [2.05, 4.69) is 21.2 Å². The van der Waals surface area contributed by atoms with Crippen LogP contribution in [0.2, 0.25) is 0 Å². The highest BCUT2D eigenvalue weighted by Crippen LogP contribution is 2.47. The Bertz CT molecular complexity index is 1190. The molecule has 150 valence electrons. The minimum Gasteiger partial charge on any atom is -0.478 e. The molecule has 6 nitrogen and oxygen atoms in total. The van der Waals surface area contributed by atoms with Gasteiger partial charge in [-0.3, -0.25) is 4.79 Å². The number of fused-ring (bicyclic) bond motifs is 2. The van der Waals surface area contributed by atoms with E-state index >= 15 is 0 Å². The fraction of sp³-hybridized carbons (Fsp3) is 0.174. The second-order valence-corrected chi connectivity index (χ2v) is 7.74. The molecular formula is C23H17BrN2O4. The number of rotatable bonds is 4. The van der Waals surface area contributed by atoms with Crippen molar-refractivity contribution in [3.63, 3.8) is 0 Å². The summed E-state index contributed by atoms with van der Waals surface area (Å²) in [5, 5.41) is 12.0. The molecule has 0 saturated carbocycles. The van der Waals surface area contributed by atoms with E-state index in [4.69, 9.17) is 14.7 Å². The zero-order chi connectivity index (χ0) is 21.4. The second-order valence-electron chi connectivity index (χ2n) is 6.89. The number of nitrogens with one attached hydrogen (secondary N) is 1. The summed E-state index contributed by atoms with van der Waals surface area (Å²) in [7, 11) is 1.32. The number of Topliss-reactive ketones (excluding diaryl/α,β-unsaturated/α-hetero) is 1. The number of benzene rings is 2. The number of ketones is 1. The number of allylic oxidation sites excluding steroid dienone is 2. The molecule has 1 N–H and O–H groups in total. The molecular weight excluding hydrogens is 448 g/mol. The molecule has 0 saturated heterocycles. The molecule has 30 heavy (non-hydrogen) atoms. The van der Waals surface area contributed by atoms with E-state index in [1.165, 1.54) is 7.11 Å². The molecule has 4 rings (SSSR count). The van der Waals surface area contributed by atoms with Gasteiger partial charge in [0.15, 0.2) is 12.4 Å². The first-order chi connectivity index (χ1) is 14.5. The van der Waals surface area contributed by atoms with Crippen LogP contribution in [-0.4, -0.2) is 25.5 Å². The van der Waals surface area contributed by atoms with Crippen molar-refractivity contribution in [1.82, 2.24) is 5.32 Å². The number of hydrogen-bond acceptors (Lipinski definition) is 6. The standard InChI is InChI=1S/C23H17BrN2O4/c1-12-18(23(28)29-2)19(13-7-8-17(16(24)11-13)30-10-9-25)20-21(26-12)14-5-3-4-6-15(14)22(20)27/h3-8,11,19,26H,10H2,1-2H3/t19-/m1/s1. The zero-order valence-corrected chi connectivity index (χ0v) is 17.9. The summed E-state index contributed by atoms with van der Waals surface area (Å²) < 4.78 is 11.1. The van der Waals surface area contributed by atoms with Gasteiger partial charge in [-0.2, -0.15) is 5.26 Å². The molecule has 2 aromatic rings. The first kappa shape index (κ1) is 19.9. The Hall–Kier alpha value is -3.37. The fourth-order valence-corrected chi connectivity index (χ4v) is 4.48. The average Bonchev–Trinajstić information content (AvgIpc) is 3.03. The highest BCUT2D eigenvalue weighted by Gasteiger charge is 2.42. The minimum atomic E-state index is -0.602. The van der Waals surface area contributed by atoms with Gasteiger partial charge in [0.2, 0.25) is 0 Å². The molecule has 0 amide bonds. The summed E-state index contributed by atoms with van der Waals surface area (Å²) in [5.74, 6) is -0.714. The molecule has 1 atom stereocenters. The molecule has 1 aliphatic carbocycles. The Kier molecular flexibility index (Phi) is 5.18. The van der Waals surface area contributed by atoms with E-state index in [0.29, 0.717) is 38.3 Å². The summed E-state index contributed by atoms with van der Waals surface area (Å²) in [6, 6.07) is 14.6. The third-order valence-corrected chi connectivity index (χ3v) is 5.86. The van der Waals surface area contributed by atoms with Gasteiger partial charge in [0.25, 0.3) is 0 Å². The van der Waals surface area contributed by atoms with Crippen molar-refractivity contribution in [1.29, 1.82) is 5.26 Å². The first-order valence-electron chi connectivity index (χ1n) is 9.21. The molecule has 2 aliphatic rings. The van der Waals surface area contributed by atoms with E-state index in [-0.39, 0.29) is 12.4 Å². The van der Waals surface area contributed by atoms with E-state index in [1.807, 2.05) is 24.3 Å². The normalized spacial score (nSPS) is 17.1. The molecule has 0 spiro atoms. The van der Waals surface area contributed by atoms with E-state index in [9.17, 15) is 9.59 Å². The van der Waals surface area contributed by atoms with Crippen LogP contribution in [0, 0.1) is 11.3 Å². The van der Waals surface area contributed by atoms with Gasteiger partial charge in [-0.05, 0) is 40.5 Å². The Morgan fingerprint density at radius 1 is 1.23 bits per heavy atom. The van der Waals surface area contributed by atoms with Crippen LogP contribution in [0.3, 0.4) is 0 Å². The topological polar surface area (TPSA) is 88.4 Å². The van der Waals surface area contributed by atoms with Crippen LogP contribution in [0.15, 0.2) is 63.8 Å². The van der Waals surface area contributed by atoms with Crippen LogP contribution in [0.4, 0.5) is 0 Å². The first-order valence-corrected chi connectivity index (χ1v) is 10.0. The van der Waals surface area contributed by atoms with Crippen LogP contribution in [-0.2, 0) is 9.53 Å². The Morgan fingerprint density at radius 3 is 2.63 bits per heavy atom. The highest BCUT2D eigenvalue weighted by molar-refractivity contribution is 9.10. The van der Waals surface area contributed by atoms with Gasteiger partial charge in [-0.15, -0.1) is 0 Å². The van der Waals surface area contributed by atoms with Gasteiger partial charge in [0.1, 0.15) is 11.8 Å². The smallest absolute Gasteiger partial charge is 0.336 e. The van der Waals surface area contributed by atoms with Crippen molar-refractivity contribution in [2.45, 2.75) is 12.8 Å². The Balaban J connectivity index is 1.89. The number of esters is 1. The maximum atomic E-state index is 13.3. The van der Waals surface area contributed by atoms with Crippen molar-refractivity contribution in [3.8, 4) is 11.8 Å². The average molecular weight is 465 g/mol. The van der Waals surface area contributed by atoms with Crippen LogP contribution < -0.4 is 10.1 Å². The lowest BCUT2D eigenvalue weighted by Gasteiger charge is -2.29. The quantitative estimate of drug-likeness (QED) is 0.685. The molecule has 1 aliphatic heterocycles. The number of ether oxygens (including phenoxy) is 2. The summed E-state index contributed by atoms with van der Waals surface area (Å²) in [5.41, 5.74) is 4.41.